The van der Waals surface area contributed by atoms with Gasteiger partial charge in [0.05, 0.1) is 26.1 Å². The van der Waals surface area contributed by atoms with Crippen LogP contribution in [0.1, 0.15) is 23.0 Å². The van der Waals surface area contributed by atoms with Crippen LogP contribution in [0, 0.1) is 11.8 Å². The summed E-state index contributed by atoms with van der Waals surface area (Å²) < 4.78 is 21.4. The molecule has 26 heavy (non-hydrogen) atoms. The van der Waals surface area contributed by atoms with Gasteiger partial charge in [0.25, 0.3) is 0 Å². The number of hydrogen-bond donors (Lipinski definition) is 0. The second-order valence-corrected chi connectivity index (χ2v) is 6.75. The summed E-state index contributed by atoms with van der Waals surface area (Å²) in [6.45, 7) is 0. The summed E-state index contributed by atoms with van der Waals surface area (Å²) >= 11 is 0. The topological polar surface area (TPSA) is 71.1 Å². The predicted octanol–water partition coefficient (Wildman–Crippen LogP) is 2.66. The van der Waals surface area contributed by atoms with Crippen LogP contribution in [-0.4, -0.2) is 26.2 Å². The van der Waals surface area contributed by atoms with E-state index in [9.17, 15) is 9.59 Å². The van der Waals surface area contributed by atoms with Crippen molar-refractivity contribution >= 4 is 11.9 Å². The minimum Gasteiger partial charge on any atom is -0.497 e. The van der Waals surface area contributed by atoms with Gasteiger partial charge in [-0.2, -0.15) is 0 Å². The summed E-state index contributed by atoms with van der Waals surface area (Å²) in [4.78, 5) is 25.1. The standard InChI is InChI=1S/C20H16O6/c1-23-9-3-5-11-13(7-9)25-19(21)17-15(11)16-12-6-4-10(24-2)8-14(12)26-20(22)18(16)17/h3-8,15-18H,1-2H3/t15-,16+,17-,18+. The smallest absolute Gasteiger partial charge is 0.315 e. The highest BCUT2D eigenvalue weighted by atomic mass is 16.5. The molecule has 0 bridgehead atoms. The van der Waals surface area contributed by atoms with E-state index in [1.54, 1.807) is 26.4 Å². The van der Waals surface area contributed by atoms with Gasteiger partial charge >= 0.3 is 11.9 Å². The molecule has 132 valence electrons. The predicted molar refractivity (Wildman–Crippen MR) is 89.7 cm³/mol. The van der Waals surface area contributed by atoms with E-state index < -0.39 is 11.8 Å². The molecule has 5 rings (SSSR count). The van der Waals surface area contributed by atoms with Crippen LogP contribution >= 0.6 is 0 Å². The van der Waals surface area contributed by atoms with Gasteiger partial charge in [-0.25, -0.2) is 0 Å². The van der Waals surface area contributed by atoms with Crippen molar-refractivity contribution < 1.29 is 28.5 Å². The van der Waals surface area contributed by atoms with Gasteiger partial charge in [-0.1, -0.05) is 12.1 Å². The van der Waals surface area contributed by atoms with Crippen LogP contribution < -0.4 is 18.9 Å². The minimum absolute atomic E-state index is 0.109. The second-order valence-electron chi connectivity index (χ2n) is 6.75. The first-order chi connectivity index (χ1) is 12.6. The zero-order chi connectivity index (χ0) is 18.0. The third kappa shape index (κ3) is 1.87. The van der Waals surface area contributed by atoms with Gasteiger partial charge < -0.3 is 18.9 Å². The molecule has 0 amide bonds. The summed E-state index contributed by atoms with van der Waals surface area (Å²) in [6, 6.07) is 11.0. The molecule has 6 nitrogen and oxygen atoms in total. The Balaban J connectivity index is 1.64. The molecule has 4 atom stereocenters. The van der Waals surface area contributed by atoms with E-state index in [1.807, 2.05) is 24.3 Å². The molecule has 1 saturated carbocycles. The van der Waals surface area contributed by atoms with Gasteiger partial charge in [-0.15, -0.1) is 0 Å². The Morgan fingerprint density at radius 2 is 1.12 bits per heavy atom. The average Bonchev–Trinajstić information content (AvgIpc) is 2.62. The fraction of sp³-hybridized carbons (Fsp3) is 0.300. The summed E-state index contributed by atoms with van der Waals surface area (Å²) in [5, 5.41) is 0. The molecule has 0 saturated heterocycles. The van der Waals surface area contributed by atoms with Crippen molar-refractivity contribution in [2.45, 2.75) is 11.8 Å². The van der Waals surface area contributed by atoms with E-state index in [-0.39, 0.29) is 23.8 Å². The Labute approximate surface area is 149 Å². The number of carbonyl (C=O) groups excluding carboxylic acids is 2. The first-order valence-corrected chi connectivity index (χ1v) is 8.41. The quantitative estimate of drug-likeness (QED) is 0.611. The molecule has 0 aromatic heterocycles. The number of carbonyl (C=O) groups is 2. The van der Waals surface area contributed by atoms with E-state index in [2.05, 4.69) is 0 Å². The van der Waals surface area contributed by atoms with Crippen LogP contribution in [-0.2, 0) is 9.59 Å². The molecule has 0 N–H and O–H groups in total. The Morgan fingerprint density at radius 1 is 0.692 bits per heavy atom. The first-order valence-electron chi connectivity index (χ1n) is 8.41. The van der Waals surface area contributed by atoms with Crippen molar-refractivity contribution in [2.75, 3.05) is 14.2 Å². The normalized spacial score (nSPS) is 27.6. The van der Waals surface area contributed by atoms with Gasteiger partial charge in [0.1, 0.15) is 23.0 Å². The van der Waals surface area contributed by atoms with E-state index in [4.69, 9.17) is 18.9 Å². The second kappa shape index (κ2) is 5.24. The number of methoxy groups -OCH3 is 2. The maximum Gasteiger partial charge on any atom is 0.315 e. The molecule has 1 fully saturated rings. The van der Waals surface area contributed by atoms with E-state index in [0.29, 0.717) is 23.0 Å². The number of rotatable bonds is 2. The molecule has 2 aromatic rings. The largest absolute Gasteiger partial charge is 0.497 e. The van der Waals surface area contributed by atoms with Crippen LogP contribution in [0.3, 0.4) is 0 Å². The first kappa shape index (κ1) is 15.3. The molecule has 6 heteroatoms. The fourth-order valence-corrected chi connectivity index (χ4v) is 4.47. The van der Waals surface area contributed by atoms with Crippen molar-refractivity contribution in [1.82, 2.24) is 0 Å². The maximum absolute atomic E-state index is 12.5. The highest BCUT2D eigenvalue weighted by molar-refractivity contribution is 5.92. The third-order valence-electron chi connectivity index (χ3n) is 5.67. The van der Waals surface area contributed by atoms with Gasteiger partial charge in [0.15, 0.2) is 0 Å². The molecule has 0 unspecified atom stereocenters. The van der Waals surface area contributed by atoms with Crippen molar-refractivity contribution in [3.63, 3.8) is 0 Å². The lowest BCUT2D eigenvalue weighted by atomic mass is 9.51. The lowest BCUT2D eigenvalue weighted by Crippen LogP contribution is -2.57. The average molecular weight is 352 g/mol. The number of fused-ring (bicyclic) bond motifs is 8. The number of ether oxygens (including phenoxy) is 4. The van der Waals surface area contributed by atoms with Gasteiger partial charge in [-0.05, 0) is 23.3 Å². The SMILES string of the molecule is COc1ccc2c(c1)OC(=O)[C@@H]1[C@@H]3C(=O)Oc4cc(OC)ccc4[C@@H]3[C@H]21. The maximum atomic E-state index is 12.5. The lowest BCUT2D eigenvalue weighted by molar-refractivity contribution is -0.165. The lowest BCUT2D eigenvalue weighted by Gasteiger charge is -2.53. The monoisotopic (exact) mass is 352 g/mol. The Kier molecular flexibility index (Phi) is 3.07. The van der Waals surface area contributed by atoms with E-state index in [1.165, 1.54) is 0 Å². The molecular weight excluding hydrogens is 336 g/mol. The Hall–Kier alpha value is -3.02. The molecule has 2 aromatic carbocycles. The van der Waals surface area contributed by atoms with Gasteiger partial charge in [-0.3, -0.25) is 9.59 Å². The summed E-state index contributed by atoms with van der Waals surface area (Å²) in [7, 11) is 3.13. The zero-order valence-electron chi connectivity index (χ0n) is 14.2. The fourth-order valence-electron chi connectivity index (χ4n) is 4.47. The number of esters is 2. The highest BCUT2D eigenvalue weighted by Gasteiger charge is 2.64. The van der Waals surface area contributed by atoms with Crippen LogP contribution in [0.15, 0.2) is 36.4 Å². The Bertz CT molecular complexity index is 872. The number of hydrogen-bond acceptors (Lipinski definition) is 6. The molecule has 1 aliphatic carbocycles. The van der Waals surface area contributed by atoms with Gasteiger partial charge in [0, 0.05) is 24.0 Å². The molecule has 2 heterocycles. The molecule has 0 spiro atoms. The summed E-state index contributed by atoms with van der Waals surface area (Å²) in [6.07, 6.45) is 0. The number of benzene rings is 2. The minimum atomic E-state index is -0.511. The van der Waals surface area contributed by atoms with Crippen molar-refractivity contribution in [3.05, 3.63) is 47.5 Å². The van der Waals surface area contributed by atoms with Crippen LogP contribution in [0.4, 0.5) is 0 Å². The molecule has 2 aliphatic heterocycles. The van der Waals surface area contributed by atoms with Crippen molar-refractivity contribution in [2.24, 2.45) is 11.8 Å². The summed E-state index contributed by atoms with van der Waals surface area (Å²) in [5.74, 6) is 0.248. The highest BCUT2D eigenvalue weighted by Crippen LogP contribution is 2.65. The van der Waals surface area contributed by atoms with E-state index in [0.717, 1.165) is 11.1 Å². The molecule has 0 radical (unpaired) electrons. The molecule has 3 aliphatic rings. The van der Waals surface area contributed by atoms with Gasteiger partial charge in [0.2, 0.25) is 0 Å². The van der Waals surface area contributed by atoms with Crippen LogP contribution in [0.5, 0.6) is 23.0 Å². The zero-order valence-corrected chi connectivity index (χ0v) is 14.2. The van der Waals surface area contributed by atoms with Crippen molar-refractivity contribution in [3.8, 4) is 23.0 Å². The van der Waals surface area contributed by atoms with Crippen molar-refractivity contribution in [1.29, 1.82) is 0 Å². The third-order valence-corrected chi connectivity index (χ3v) is 5.67. The summed E-state index contributed by atoms with van der Waals surface area (Å²) in [5.41, 5.74) is 1.85. The van der Waals surface area contributed by atoms with Crippen LogP contribution in [0.25, 0.3) is 0 Å². The molecular formula is C20H16O6. The van der Waals surface area contributed by atoms with E-state index >= 15 is 0 Å². The van der Waals surface area contributed by atoms with Crippen LogP contribution in [0.2, 0.25) is 0 Å². The Morgan fingerprint density at radius 3 is 1.50 bits per heavy atom.